The van der Waals surface area contributed by atoms with E-state index in [1.807, 2.05) is 0 Å². The van der Waals surface area contributed by atoms with Crippen LogP contribution in [-0.4, -0.2) is 29.9 Å². The van der Waals surface area contributed by atoms with E-state index in [1.165, 1.54) is 46.5 Å². The molecule has 39 heavy (non-hydrogen) atoms. The molecule has 6 nitrogen and oxygen atoms in total. The molecule has 2 aliphatic heterocycles. The van der Waals surface area contributed by atoms with Crippen LogP contribution in [0.25, 0.3) is 44.5 Å². The molecule has 0 aliphatic carbocycles. The molecule has 12 heteroatoms. The number of fused-ring (bicyclic) bond motifs is 1. The van der Waals surface area contributed by atoms with E-state index < -0.39 is 23.4 Å². The van der Waals surface area contributed by atoms with E-state index in [9.17, 15) is 22.0 Å². The molecule has 2 aromatic heterocycles. The van der Waals surface area contributed by atoms with Crippen molar-refractivity contribution in [1.82, 2.24) is 29.9 Å². The van der Waals surface area contributed by atoms with Gasteiger partial charge in [0.15, 0.2) is 17.5 Å². The van der Waals surface area contributed by atoms with Crippen LogP contribution in [0, 0.1) is 11.6 Å². The van der Waals surface area contributed by atoms with E-state index in [0.717, 1.165) is 17.0 Å². The summed E-state index contributed by atoms with van der Waals surface area (Å²) in [7, 11) is 0. The Morgan fingerprint density at radius 3 is 2.41 bits per heavy atom. The summed E-state index contributed by atoms with van der Waals surface area (Å²) in [4.78, 5) is 9.23. The first-order valence-corrected chi connectivity index (χ1v) is 12.4. The van der Waals surface area contributed by atoms with Gasteiger partial charge in [-0.1, -0.05) is 24.3 Å². The van der Waals surface area contributed by atoms with Gasteiger partial charge in [0, 0.05) is 10.4 Å². The standard InChI is InChI=1S/C27H15F5N6S/c28-20-4-1-3-18(25(20)29)26-34-22-12-33-38(14-23(22)35-26)13-16-7-9-21(37-36-16)17-8-6-15(24-5-2-10-39-24)11-19(17)27(30,31)32/h1-12,14H,13H2. The molecule has 0 unspecified atom stereocenters. The number of thiophene rings is 1. The number of halogens is 5. The number of imidazole rings is 1. The van der Waals surface area contributed by atoms with Crippen LogP contribution in [0.5, 0.6) is 0 Å². The number of rotatable bonds is 5. The molecule has 4 heterocycles. The number of benzene rings is 2. The second-order valence-electron chi connectivity index (χ2n) is 8.54. The summed E-state index contributed by atoms with van der Waals surface area (Å²) in [6.45, 7) is 0.142. The van der Waals surface area contributed by atoms with Crippen molar-refractivity contribution >= 4 is 11.3 Å². The van der Waals surface area contributed by atoms with Crippen LogP contribution in [0.2, 0.25) is 0 Å². The first kappa shape index (κ1) is 24.7. The fourth-order valence-electron chi connectivity index (χ4n) is 4.10. The fourth-order valence-corrected chi connectivity index (χ4v) is 4.82. The Labute approximate surface area is 221 Å². The van der Waals surface area contributed by atoms with Crippen molar-refractivity contribution in [1.29, 1.82) is 0 Å². The third kappa shape index (κ3) is 4.86. The Bertz CT molecular complexity index is 1750. The molecule has 0 fully saturated rings. The first-order valence-electron chi connectivity index (χ1n) is 11.5. The van der Waals surface area contributed by atoms with Gasteiger partial charge in [-0.15, -0.1) is 11.3 Å². The monoisotopic (exact) mass is 550 g/mol. The summed E-state index contributed by atoms with van der Waals surface area (Å²) in [6, 6.07) is 14.5. The zero-order valence-corrected chi connectivity index (χ0v) is 20.5. The normalized spacial score (nSPS) is 11.8. The van der Waals surface area contributed by atoms with E-state index in [4.69, 9.17) is 0 Å². The number of alkyl halides is 3. The van der Waals surface area contributed by atoms with E-state index in [1.54, 1.807) is 35.8 Å². The molecule has 0 saturated carbocycles. The average Bonchev–Trinajstić information content (AvgIpc) is 3.60. The van der Waals surface area contributed by atoms with Crippen molar-refractivity contribution in [3.05, 3.63) is 101 Å². The Morgan fingerprint density at radius 1 is 0.821 bits per heavy atom. The van der Waals surface area contributed by atoms with Crippen LogP contribution >= 0.6 is 11.3 Å². The van der Waals surface area contributed by atoms with Gasteiger partial charge in [0.1, 0.15) is 11.4 Å². The molecule has 0 N–H and O–H groups in total. The lowest BCUT2D eigenvalue weighted by Crippen LogP contribution is -2.10. The van der Waals surface area contributed by atoms with Crippen LogP contribution in [0.3, 0.4) is 0 Å². The molecule has 0 amide bonds. The molecule has 0 atom stereocenters. The number of aromatic nitrogens is 6. The van der Waals surface area contributed by atoms with Gasteiger partial charge in [0.2, 0.25) is 0 Å². The van der Waals surface area contributed by atoms with Gasteiger partial charge in [-0.05, 0) is 47.3 Å². The summed E-state index contributed by atoms with van der Waals surface area (Å²) in [5.41, 5.74) is 0.848. The number of nitrogens with zero attached hydrogens (tertiary/aromatic N) is 6. The molecule has 0 bridgehead atoms. The van der Waals surface area contributed by atoms with Gasteiger partial charge in [-0.25, -0.2) is 18.7 Å². The minimum Gasteiger partial charge on any atom is -0.264 e. The summed E-state index contributed by atoms with van der Waals surface area (Å²) in [5, 5.41) is 14.2. The van der Waals surface area contributed by atoms with Gasteiger partial charge >= 0.3 is 6.18 Å². The molecule has 2 aliphatic rings. The third-order valence-corrected chi connectivity index (χ3v) is 6.88. The summed E-state index contributed by atoms with van der Waals surface area (Å²) in [5.74, 6) is -2.02. The topological polar surface area (TPSA) is 69.4 Å². The summed E-state index contributed by atoms with van der Waals surface area (Å²) < 4.78 is 70.9. The molecular formula is C27H15F5N6S. The van der Waals surface area contributed by atoms with Crippen molar-refractivity contribution in [2.24, 2.45) is 0 Å². The van der Waals surface area contributed by atoms with Crippen LogP contribution < -0.4 is 0 Å². The predicted octanol–water partition coefficient (Wildman–Crippen LogP) is 6.98. The highest BCUT2D eigenvalue weighted by Crippen LogP contribution is 2.39. The Balaban J connectivity index is 1.26. The first-order chi connectivity index (χ1) is 18.8. The molecule has 0 radical (unpaired) electrons. The highest BCUT2D eigenvalue weighted by Gasteiger charge is 2.34. The maximum atomic E-state index is 14.2. The van der Waals surface area contributed by atoms with Gasteiger partial charge < -0.3 is 0 Å². The van der Waals surface area contributed by atoms with E-state index in [-0.39, 0.29) is 29.2 Å². The van der Waals surface area contributed by atoms with Gasteiger partial charge in [-0.3, -0.25) is 4.68 Å². The van der Waals surface area contributed by atoms with Gasteiger partial charge in [-0.2, -0.15) is 28.5 Å². The van der Waals surface area contributed by atoms with Crippen molar-refractivity contribution < 1.29 is 22.0 Å². The lowest BCUT2D eigenvalue weighted by atomic mass is 10.00. The molecule has 194 valence electrons. The number of hydrogen-bond acceptors (Lipinski definition) is 6. The minimum atomic E-state index is -4.58. The van der Waals surface area contributed by atoms with E-state index >= 15 is 0 Å². The Hall–Kier alpha value is -4.58. The molecule has 0 saturated heterocycles. The average molecular weight is 551 g/mol. The van der Waals surface area contributed by atoms with Crippen molar-refractivity contribution in [2.75, 3.05) is 0 Å². The zero-order chi connectivity index (χ0) is 27.1. The quantitative estimate of drug-likeness (QED) is 0.217. The maximum Gasteiger partial charge on any atom is 0.417 e. The van der Waals surface area contributed by atoms with E-state index in [0.29, 0.717) is 22.6 Å². The van der Waals surface area contributed by atoms with Gasteiger partial charge in [0.05, 0.1) is 41.5 Å². The predicted molar refractivity (Wildman–Crippen MR) is 135 cm³/mol. The van der Waals surface area contributed by atoms with E-state index in [2.05, 4.69) is 25.3 Å². The maximum absolute atomic E-state index is 14.2. The zero-order valence-electron chi connectivity index (χ0n) is 19.7. The van der Waals surface area contributed by atoms with Crippen molar-refractivity contribution in [3.63, 3.8) is 0 Å². The lowest BCUT2D eigenvalue weighted by Gasteiger charge is -2.14. The van der Waals surface area contributed by atoms with Crippen LogP contribution in [0.4, 0.5) is 22.0 Å². The second kappa shape index (κ2) is 9.62. The summed E-state index contributed by atoms with van der Waals surface area (Å²) in [6.07, 6.45) is -1.59. The smallest absolute Gasteiger partial charge is 0.264 e. The van der Waals surface area contributed by atoms with Crippen molar-refractivity contribution in [3.8, 4) is 44.5 Å². The largest absolute Gasteiger partial charge is 0.417 e. The van der Waals surface area contributed by atoms with Crippen LogP contribution in [0.1, 0.15) is 11.3 Å². The highest BCUT2D eigenvalue weighted by molar-refractivity contribution is 7.13. The molecule has 0 spiro atoms. The SMILES string of the molecule is Fc1cccc(-c2nc3cnn(Cc4ccc(-c5ccc(-c6cccs6)cc5C(F)(F)F)nn4)cc-3n2)c1F. The van der Waals surface area contributed by atoms with Crippen LogP contribution in [-0.2, 0) is 12.7 Å². The molecular weight excluding hydrogens is 535 g/mol. The van der Waals surface area contributed by atoms with Gasteiger partial charge in [0.25, 0.3) is 0 Å². The highest BCUT2D eigenvalue weighted by atomic mass is 32.1. The Kier molecular flexibility index (Phi) is 6.10. The molecule has 2 aromatic carbocycles. The second-order valence-corrected chi connectivity index (χ2v) is 9.48. The van der Waals surface area contributed by atoms with Crippen molar-refractivity contribution in [2.45, 2.75) is 12.7 Å². The molecule has 4 aromatic rings. The fraction of sp³-hybridized carbons (Fsp3) is 0.0741. The minimum absolute atomic E-state index is 0.0243. The van der Waals surface area contributed by atoms with Crippen LogP contribution in [0.15, 0.2) is 78.4 Å². The Morgan fingerprint density at radius 2 is 1.67 bits per heavy atom. The molecule has 6 rings (SSSR count). The third-order valence-electron chi connectivity index (χ3n) is 5.96. The number of hydrogen-bond donors (Lipinski definition) is 0. The lowest BCUT2D eigenvalue weighted by molar-refractivity contribution is -0.137. The summed E-state index contributed by atoms with van der Waals surface area (Å²) >= 11 is 1.36.